The fraction of sp³-hybridized carbons (Fsp3) is 0.250. The number of halogens is 3. The van der Waals surface area contributed by atoms with Crippen molar-refractivity contribution in [2.24, 2.45) is 0 Å². The zero-order valence-electron chi connectivity index (χ0n) is 7.27. The van der Waals surface area contributed by atoms with E-state index in [1.165, 1.54) is 13.2 Å². The molecule has 1 rings (SSSR count). The van der Waals surface area contributed by atoms with Crippen LogP contribution in [0.3, 0.4) is 0 Å². The first-order valence-corrected chi connectivity index (χ1v) is 4.48. The minimum atomic E-state index is -0.824. The molecule has 0 saturated heterocycles. The quantitative estimate of drug-likeness (QED) is 0.652. The van der Waals surface area contributed by atoms with E-state index in [2.05, 4.69) is 20.7 Å². The van der Waals surface area contributed by atoms with Gasteiger partial charge in [-0.15, -0.1) is 0 Å². The van der Waals surface area contributed by atoms with Gasteiger partial charge >= 0.3 is 0 Å². The number of hydroxylamine groups is 1. The minimum absolute atomic E-state index is 0.0843. The van der Waals surface area contributed by atoms with Gasteiger partial charge in [-0.2, -0.15) is 0 Å². The Bertz CT molecular complexity index is 347. The van der Waals surface area contributed by atoms with Crippen molar-refractivity contribution >= 4 is 15.9 Å². The summed E-state index contributed by atoms with van der Waals surface area (Å²) >= 11 is 2.91. The number of ether oxygens (including phenoxy) is 1. The van der Waals surface area contributed by atoms with Crippen LogP contribution in [0.1, 0.15) is 5.56 Å². The Labute approximate surface area is 87.8 Å². The van der Waals surface area contributed by atoms with Crippen LogP contribution in [0.15, 0.2) is 10.5 Å². The summed E-state index contributed by atoms with van der Waals surface area (Å²) in [5.41, 5.74) is 1.89. The third kappa shape index (κ3) is 2.02. The predicted octanol–water partition coefficient (Wildman–Crippen LogP) is 2.21. The molecule has 0 amide bonds. The van der Waals surface area contributed by atoms with Gasteiger partial charge in [0.25, 0.3) is 0 Å². The molecule has 0 aromatic heterocycles. The minimum Gasteiger partial charge on any atom is -0.491 e. The first kappa shape index (κ1) is 11.4. The third-order valence-corrected chi connectivity index (χ3v) is 2.24. The van der Waals surface area contributed by atoms with Crippen molar-refractivity contribution in [1.29, 1.82) is 0 Å². The van der Waals surface area contributed by atoms with Crippen molar-refractivity contribution in [1.82, 2.24) is 5.48 Å². The van der Waals surface area contributed by atoms with Gasteiger partial charge in [-0.1, -0.05) is 0 Å². The van der Waals surface area contributed by atoms with Gasteiger partial charge in [0.05, 0.1) is 11.6 Å². The van der Waals surface area contributed by atoms with Crippen molar-refractivity contribution in [2.75, 3.05) is 7.11 Å². The Morgan fingerprint density at radius 3 is 2.64 bits per heavy atom. The molecule has 0 radical (unpaired) electrons. The Kier molecular flexibility index (Phi) is 3.79. The van der Waals surface area contributed by atoms with E-state index >= 15 is 0 Å². The second-order valence-corrected chi connectivity index (χ2v) is 3.37. The average molecular weight is 268 g/mol. The van der Waals surface area contributed by atoms with Gasteiger partial charge < -0.3 is 9.94 Å². The van der Waals surface area contributed by atoms with E-state index < -0.39 is 17.4 Å². The first-order valence-electron chi connectivity index (χ1n) is 3.69. The topological polar surface area (TPSA) is 41.5 Å². The number of rotatable bonds is 3. The molecule has 0 atom stereocenters. The van der Waals surface area contributed by atoms with Crippen molar-refractivity contribution in [2.45, 2.75) is 6.54 Å². The lowest BCUT2D eigenvalue weighted by molar-refractivity contribution is 0.159. The molecule has 2 N–H and O–H groups in total. The lowest BCUT2D eigenvalue weighted by Crippen LogP contribution is -2.09. The molecule has 0 unspecified atom stereocenters. The van der Waals surface area contributed by atoms with Gasteiger partial charge in [-0.05, 0) is 22.0 Å². The fourth-order valence-corrected chi connectivity index (χ4v) is 1.48. The molecule has 78 valence electrons. The van der Waals surface area contributed by atoms with Crippen LogP contribution in [0.2, 0.25) is 0 Å². The maximum atomic E-state index is 13.4. The fourth-order valence-electron chi connectivity index (χ4n) is 1.02. The first-order chi connectivity index (χ1) is 6.61. The summed E-state index contributed by atoms with van der Waals surface area (Å²) in [5, 5.41) is 8.40. The average Bonchev–Trinajstić information content (AvgIpc) is 2.16. The summed E-state index contributed by atoms with van der Waals surface area (Å²) in [5.74, 6) is -2.09. The van der Waals surface area contributed by atoms with Gasteiger partial charge in [0.2, 0.25) is 0 Å². The van der Waals surface area contributed by atoms with Crippen LogP contribution in [0.25, 0.3) is 0 Å². The van der Waals surface area contributed by atoms with Crippen molar-refractivity contribution < 1.29 is 18.7 Å². The number of benzene rings is 1. The second kappa shape index (κ2) is 4.68. The molecule has 0 aliphatic rings. The molecule has 3 nitrogen and oxygen atoms in total. The zero-order valence-corrected chi connectivity index (χ0v) is 8.86. The maximum absolute atomic E-state index is 13.4. The van der Waals surface area contributed by atoms with Crippen molar-refractivity contribution in [3.8, 4) is 5.75 Å². The number of nitrogens with one attached hydrogen (secondary N) is 1. The van der Waals surface area contributed by atoms with E-state index in [4.69, 9.17) is 5.21 Å². The highest BCUT2D eigenvalue weighted by Crippen LogP contribution is 2.30. The van der Waals surface area contributed by atoms with Crippen LogP contribution in [-0.4, -0.2) is 12.3 Å². The van der Waals surface area contributed by atoms with Gasteiger partial charge in [-0.3, -0.25) is 0 Å². The molecule has 0 fully saturated rings. The van der Waals surface area contributed by atoms with Gasteiger partial charge in [0.1, 0.15) is 0 Å². The molecule has 0 aliphatic carbocycles. The molecule has 1 aromatic rings. The van der Waals surface area contributed by atoms with Crippen LogP contribution in [0, 0.1) is 11.6 Å². The molecule has 0 heterocycles. The van der Waals surface area contributed by atoms with Gasteiger partial charge in [0, 0.05) is 12.1 Å². The van der Waals surface area contributed by atoms with Crippen LogP contribution in [0.4, 0.5) is 8.78 Å². The van der Waals surface area contributed by atoms with Crippen LogP contribution < -0.4 is 10.2 Å². The van der Waals surface area contributed by atoms with Gasteiger partial charge in [-0.25, -0.2) is 14.3 Å². The standard InChI is InChI=1S/C8H8BrF2NO2/c1-14-8-6(10)4(3-12-13)2-5(9)7(8)11/h2,12-13H,3H2,1H3. The second-order valence-electron chi connectivity index (χ2n) is 2.51. The van der Waals surface area contributed by atoms with E-state index in [1.807, 2.05) is 0 Å². The summed E-state index contributed by atoms with van der Waals surface area (Å²) in [6.07, 6.45) is 0. The lowest BCUT2D eigenvalue weighted by atomic mass is 10.2. The number of methoxy groups -OCH3 is 1. The maximum Gasteiger partial charge on any atom is 0.191 e. The molecule has 6 heteroatoms. The molecule has 14 heavy (non-hydrogen) atoms. The largest absolute Gasteiger partial charge is 0.491 e. The SMILES string of the molecule is COc1c(F)c(Br)cc(CNO)c1F. The zero-order chi connectivity index (χ0) is 10.7. The Morgan fingerprint density at radius 2 is 2.14 bits per heavy atom. The van der Waals surface area contributed by atoms with E-state index in [9.17, 15) is 8.78 Å². The van der Waals surface area contributed by atoms with E-state index in [1.54, 1.807) is 5.48 Å². The summed E-state index contributed by atoms with van der Waals surface area (Å²) in [7, 11) is 1.17. The Morgan fingerprint density at radius 1 is 1.50 bits per heavy atom. The van der Waals surface area contributed by atoms with Crippen LogP contribution in [-0.2, 0) is 6.54 Å². The molecule has 0 aliphatic heterocycles. The number of hydrogen-bond donors (Lipinski definition) is 2. The highest BCUT2D eigenvalue weighted by Gasteiger charge is 2.17. The summed E-state index contributed by atoms with van der Waals surface area (Å²) in [6.45, 7) is -0.124. The molecular weight excluding hydrogens is 260 g/mol. The Hall–Kier alpha value is -0.720. The molecule has 0 bridgehead atoms. The third-order valence-electron chi connectivity index (χ3n) is 1.66. The van der Waals surface area contributed by atoms with E-state index in [0.717, 1.165) is 0 Å². The summed E-state index contributed by atoms with van der Waals surface area (Å²) in [6, 6.07) is 1.23. The highest BCUT2D eigenvalue weighted by atomic mass is 79.9. The van der Waals surface area contributed by atoms with E-state index in [0.29, 0.717) is 0 Å². The predicted molar refractivity (Wildman–Crippen MR) is 49.2 cm³/mol. The molecule has 1 aromatic carbocycles. The summed E-state index contributed by atoms with van der Waals surface area (Å²) < 4.78 is 31.2. The lowest BCUT2D eigenvalue weighted by Gasteiger charge is -2.09. The summed E-state index contributed by atoms with van der Waals surface area (Å²) in [4.78, 5) is 0. The molecular formula is C8H8BrF2NO2. The normalized spacial score (nSPS) is 10.4. The van der Waals surface area contributed by atoms with Crippen LogP contribution in [0.5, 0.6) is 5.75 Å². The van der Waals surface area contributed by atoms with Crippen molar-refractivity contribution in [3.05, 3.63) is 27.7 Å². The van der Waals surface area contributed by atoms with Crippen LogP contribution >= 0.6 is 15.9 Å². The van der Waals surface area contributed by atoms with E-state index in [-0.39, 0.29) is 16.6 Å². The monoisotopic (exact) mass is 267 g/mol. The molecule has 0 saturated carbocycles. The van der Waals surface area contributed by atoms with Gasteiger partial charge in [0.15, 0.2) is 17.4 Å². The number of hydrogen-bond acceptors (Lipinski definition) is 3. The van der Waals surface area contributed by atoms with Crippen molar-refractivity contribution in [3.63, 3.8) is 0 Å². The smallest absolute Gasteiger partial charge is 0.191 e. The highest BCUT2D eigenvalue weighted by molar-refractivity contribution is 9.10. The Balaban J connectivity index is 3.27. The molecule has 0 spiro atoms.